The second-order valence-electron chi connectivity index (χ2n) is 5.98. The number of nitrogens with one attached hydrogen (secondary N) is 1. The first-order valence-electron chi connectivity index (χ1n) is 7.93. The predicted octanol–water partition coefficient (Wildman–Crippen LogP) is 3.48. The maximum absolute atomic E-state index is 12.4. The van der Waals surface area contributed by atoms with E-state index in [1.807, 2.05) is 12.1 Å². The van der Waals surface area contributed by atoms with Crippen molar-refractivity contribution in [2.75, 3.05) is 13.9 Å². The number of ether oxygens (including phenoxy) is 3. The maximum Gasteiger partial charge on any atom is 0.251 e. The van der Waals surface area contributed by atoms with Gasteiger partial charge in [0.15, 0.2) is 11.5 Å². The molecule has 1 amide bonds. The van der Waals surface area contributed by atoms with Gasteiger partial charge in [-0.2, -0.15) is 0 Å². The van der Waals surface area contributed by atoms with Gasteiger partial charge in [0, 0.05) is 17.7 Å². The Balaban J connectivity index is 1.73. The molecule has 126 valence electrons. The first-order valence-corrected chi connectivity index (χ1v) is 7.93. The topological polar surface area (TPSA) is 56.8 Å². The van der Waals surface area contributed by atoms with Gasteiger partial charge in [0.25, 0.3) is 5.91 Å². The molecule has 1 N–H and O–H groups in total. The van der Waals surface area contributed by atoms with Crippen molar-refractivity contribution in [2.24, 2.45) is 0 Å². The third-order valence-electron chi connectivity index (χ3n) is 4.05. The lowest BCUT2D eigenvalue weighted by molar-refractivity contribution is 0.0950. The second kappa shape index (κ2) is 6.83. The Morgan fingerprint density at radius 3 is 2.71 bits per heavy atom. The summed E-state index contributed by atoms with van der Waals surface area (Å²) in [4.78, 5) is 12.4. The zero-order chi connectivity index (χ0) is 17.1. The van der Waals surface area contributed by atoms with Gasteiger partial charge in [-0.1, -0.05) is 26.0 Å². The summed E-state index contributed by atoms with van der Waals surface area (Å²) in [7, 11) is 1.63. The minimum absolute atomic E-state index is 0.162. The fourth-order valence-corrected chi connectivity index (χ4v) is 2.61. The number of methoxy groups -OCH3 is 1. The summed E-state index contributed by atoms with van der Waals surface area (Å²) < 4.78 is 16.0. The van der Waals surface area contributed by atoms with Crippen LogP contribution in [0.5, 0.6) is 17.2 Å². The summed E-state index contributed by atoms with van der Waals surface area (Å²) >= 11 is 0. The van der Waals surface area contributed by atoms with E-state index in [1.54, 1.807) is 25.3 Å². The zero-order valence-electron chi connectivity index (χ0n) is 14.1. The molecule has 0 aromatic heterocycles. The number of benzene rings is 2. The lowest BCUT2D eigenvalue weighted by Crippen LogP contribution is -2.23. The van der Waals surface area contributed by atoms with Gasteiger partial charge < -0.3 is 19.5 Å². The van der Waals surface area contributed by atoms with Crippen LogP contribution in [-0.2, 0) is 6.54 Å². The summed E-state index contributed by atoms with van der Waals surface area (Å²) in [6.07, 6.45) is 0. The molecule has 2 aromatic carbocycles. The first kappa shape index (κ1) is 16.2. The van der Waals surface area contributed by atoms with Gasteiger partial charge in [0.2, 0.25) is 6.79 Å². The van der Waals surface area contributed by atoms with Crippen LogP contribution in [0.3, 0.4) is 0 Å². The van der Waals surface area contributed by atoms with Crippen molar-refractivity contribution in [3.05, 3.63) is 53.1 Å². The molecule has 0 saturated heterocycles. The number of hydrogen-bond acceptors (Lipinski definition) is 4. The molecule has 0 spiro atoms. The van der Waals surface area contributed by atoms with Crippen LogP contribution in [0.15, 0.2) is 36.4 Å². The Hall–Kier alpha value is -2.69. The molecule has 5 heteroatoms. The number of carbonyl (C=O) groups excluding carboxylic acids is 1. The van der Waals surface area contributed by atoms with Crippen molar-refractivity contribution in [1.82, 2.24) is 5.32 Å². The molecule has 3 rings (SSSR count). The van der Waals surface area contributed by atoms with Gasteiger partial charge in [-0.05, 0) is 35.7 Å². The standard InChI is InChI=1S/C19H21NO4/c1-12(2)13-4-6-16(22-3)15(8-13)10-20-19(21)14-5-7-17-18(9-14)24-11-23-17/h4-9,12H,10-11H2,1-3H3,(H,20,21). The van der Waals surface area contributed by atoms with Gasteiger partial charge in [-0.15, -0.1) is 0 Å². The van der Waals surface area contributed by atoms with Crippen LogP contribution in [-0.4, -0.2) is 19.8 Å². The fraction of sp³-hybridized carbons (Fsp3) is 0.316. The molecular formula is C19H21NO4. The zero-order valence-corrected chi connectivity index (χ0v) is 14.1. The molecule has 2 aromatic rings. The highest BCUT2D eigenvalue weighted by atomic mass is 16.7. The summed E-state index contributed by atoms with van der Waals surface area (Å²) in [6.45, 7) is 4.87. The molecule has 1 aliphatic heterocycles. The van der Waals surface area contributed by atoms with Crippen LogP contribution in [0.4, 0.5) is 0 Å². The average molecular weight is 327 g/mol. The minimum Gasteiger partial charge on any atom is -0.496 e. The van der Waals surface area contributed by atoms with Crippen LogP contribution < -0.4 is 19.5 Å². The molecule has 0 saturated carbocycles. The van der Waals surface area contributed by atoms with E-state index in [0.29, 0.717) is 29.5 Å². The van der Waals surface area contributed by atoms with Crippen LogP contribution in [0.25, 0.3) is 0 Å². The number of hydrogen-bond donors (Lipinski definition) is 1. The normalized spacial score (nSPS) is 12.3. The van der Waals surface area contributed by atoms with Crippen molar-refractivity contribution < 1.29 is 19.0 Å². The van der Waals surface area contributed by atoms with E-state index < -0.39 is 0 Å². The highest BCUT2D eigenvalue weighted by Gasteiger charge is 2.16. The monoisotopic (exact) mass is 327 g/mol. The van der Waals surface area contributed by atoms with Gasteiger partial charge in [-0.25, -0.2) is 0 Å². The molecule has 1 heterocycles. The molecular weight excluding hydrogens is 306 g/mol. The van der Waals surface area contributed by atoms with E-state index in [1.165, 1.54) is 5.56 Å². The largest absolute Gasteiger partial charge is 0.496 e. The van der Waals surface area contributed by atoms with Gasteiger partial charge in [0.05, 0.1) is 7.11 Å². The van der Waals surface area contributed by atoms with E-state index in [9.17, 15) is 4.79 Å². The van der Waals surface area contributed by atoms with Gasteiger partial charge in [-0.3, -0.25) is 4.79 Å². The predicted molar refractivity (Wildman–Crippen MR) is 90.8 cm³/mol. The molecule has 0 aliphatic carbocycles. The number of carbonyl (C=O) groups is 1. The van der Waals surface area contributed by atoms with E-state index in [-0.39, 0.29) is 12.7 Å². The first-order chi connectivity index (χ1) is 11.6. The quantitative estimate of drug-likeness (QED) is 0.913. The van der Waals surface area contributed by atoms with Crippen molar-refractivity contribution in [1.29, 1.82) is 0 Å². The van der Waals surface area contributed by atoms with Crippen LogP contribution in [0.1, 0.15) is 41.3 Å². The number of amides is 1. The van der Waals surface area contributed by atoms with Crippen molar-refractivity contribution in [3.63, 3.8) is 0 Å². The van der Waals surface area contributed by atoms with Crippen molar-refractivity contribution in [3.8, 4) is 17.2 Å². The van der Waals surface area contributed by atoms with E-state index in [2.05, 4.69) is 25.2 Å². The van der Waals surface area contributed by atoms with E-state index in [4.69, 9.17) is 14.2 Å². The average Bonchev–Trinajstić information content (AvgIpc) is 3.06. The summed E-state index contributed by atoms with van der Waals surface area (Å²) in [5.74, 6) is 2.29. The van der Waals surface area contributed by atoms with Gasteiger partial charge >= 0.3 is 0 Å². The summed E-state index contributed by atoms with van der Waals surface area (Å²) in [6, 6.07) is 11.2. The van der Waals surface area contributed by atoms with Gasteiger partial charge in [0.1, 0.15) is 5.75 Å². The Labute approximate surface area is 141 Å². The Kier molecular flexibility index (Phi) is 4.60. The van der Waals surface area contributed by atoms with Crippen molar-refractivity contribution in [2.45, 2.75) is 26.3 Å². The molecule has 1 aliphatic rings. The van der Waals surface area contributed by atoms with E-state index in [0.717, 1.165) is 11.3 Å². The lowest BCUT2D eigenvalue weighted by atomic mass is 10.00. The molecule has 0 atom stereocenters. The molecule has 0 fully saturated rings. The van der Waals surface area contributed by atoms with E-state index >= 15 is 0 Å². The Morgan fingerprint density at radius 1 is 1.17 bits per heavy atom. The minimum atomic E-state index is -0.162. The second-order valence-corrected chi connectivity index (χ2v) is 5.98. The highest BCUT2D eigenvalue weighted by Crippen LogP contribution is 2.32. The van der Waals surface area contributed by atoms with Crippen LogP contribution >= 0.6 is 0 Å². The Bertz CT molecular complexity index is 755. The number of rotatable bonds is 5. The molecule has 0 radical (unpaired) electrons. The summed E-state index contributed by atoms with van der Waals surface area (Å²) in [5.41, 5.74) is 2.71. The third kappa shape index (κ3) is 3.30. The molecule has 0 unspecified atom stereocenters. The van der Waals surface area contributed by atoms with Crippen LogP contribution in [0.2, 0.25) is 0 Å². The molecule has 0 bridgehead atoms. The maximum atomic E-state index is 12.4. The highest BCUT2D eigenvalue weighted by molar-refractivity contribution is 5.94. The smallest absolute Gasteiger partial charge is 0.251 e. The summed E-state index contributed by atoms with van der Waals surface area (Å²) in [5, 5.41) is 2.93. The lowest BCUT2D eigenvalue weighted by Gasteiger charge is -2.13. The number of fused-ring (bicyclic) bond motifs is 1. The SMILES string of the molecule is COc1ccc(C(C)C)cc1CNC(=O)c1ccc2c(c1)OCO2. The molecule has 5 nitrogen and oxygen atoms in total. The van der Waals surface area contributed by atoms with Crippen LogP contribution in [0, 0.1) is 0 Å². The third-order valence-corrected chi connectivity index (χ3v) is 4.05. The van der Waals surface area contributed by atoms with Crippen molar-refractivity contribution >= 4 is 5.91 Å². The fourth-order valence-electron chi connectivity index (χ4n) is 2.61. The Morgan fingerprint density at radius 2 is 1.96 bits per heavy atom. The molecule has 24 heavy (non-hydrogen) atoms.